The third kappa shape index (κ3) is 4.72. The van der Waals surface area contributed by atoms with E-state index in [0.29, 0.717) is 25.9 Å². The van der Waals surface area contributed by atoms with Crippen molar-refractivity contribution in [1.82, 2.24) is 15.1 Å². The van der Waals surface area contributed by atoms with Gasteiger partial charge in [-0.05, 0) is 38.5 Å². The maximum atomic E-state index is 13.5. The molecule has 2 saturated heterocycles. The molecule has 0 aromatic heterocycles. The van der Waals surface area contributed by atoms with E-state index >= 15 is 0 Å². The van der Waals surface area contributed by atoms with Crippen molar-refractivity contribution < 1.29 is 24.2 Å². The van der Waals surface area contributed by atoms with Gasteiger partial charge in [0.15, 0.2) is 0 Å². The maximum Gasteiger partial charge on any atom is 0.410 e. The highest BCUT2D eigenvalue weighted by Crippen LogP contribution is 2.35. The normalized spacial score (nSPS) is 24.8. The fourth-order valence-corrected chi connectivity index (χ4v) is 4.98. The van der Waals surface area contributed by atoms with Crippen LogP contribution in [0.1, 0.15) is 51.9 Å². The van der Waals surface area contributed by atoms with Crippen LogP contribution in [-0.2, 0) is 14.3 Å². The number of aliphatic hydroxyl groups excluding tert-OH is 1. The van der Waals surface area contributed by atoms with Crippen molar-refractivity contribution in [2.75, 3.05) is 26.2 Å². The minimum atomic E-state index is -1.07. The number of carbonyl (C=O) groups is 3. The van der Waals surface area contributed by atoms with Crippen LogP contribution in [0.25, 0.3) is 0 Å². The van der Waals surface area contributed by atoms with Crippen molar-refractivity contribution in [2.45, 2.75) is 69.6 Å². The lowest BCUT2D eigenvalue weighted by Crippen LogP contribution is -2.75. The van der Waals surface area contributed by atoms with Crippen LogP contribution in [-0.4, -0.2) is 76.7 Å². The van der Waals surface area contributed by atoms with Gasteiger partial charge >= 0.3 is 6.09 Å². The Balaban J connectivity index is 1.77. The molecule has 0 aromatic carbocycles. The number of nitrogens with one attached hydrogen (secondary N) is 1. The van der Waals surface area contributed by atoms with Crippen molar-refractivity contribution >= 4 is 17.9 Å². The Morgan fingerprint density at radius 3 is 2.61 bits per heavy atom. The van der Waals surface area contributed by atoms with Crippen molar-refractivity contribution in [3.8, 4) is 11.8 Å². The molecule has 0 radical (unpaired) electrons. The topological polar surface area (TPSA) is 99.2 Å². The van der Waals surface area contributed by atoms with Crippen LogP contribution in [0.4, 0.5) is 4.79 Å². The van der Waals surface area contributed by atoms with E-state index in [1.807, 2.05) is 0 Å². The number of piperidine rings is 1. The number of nitrogens with zero attached hydrogens (tertiary/aromatic N) is 2. The molecule has 31 heavy (non-hydrogen) atoms. The molecule has 2 atom stereocenters. The average Bonchev–Trinajstić information content (AvgIpc) is 2.80. The third-order valence-electron chi connectivity index (χ3n) is 6.82. The molecular formula is C23H33N3O5. The van der Waals surface area contributed by atoms with Crippen molar-refractivity contribution in [2.24, 2.45) is 5.92 Å². The number of rotatable bonds is 5. The lowest BCUT2D eigenvalue weighted by atomic mass is 9.78. The van der Waals surface area contributed by atoms with Crippen LogP contribution in [0.15, 0.2) is 12.7 Å². The zero-order chi connectivity index (χ0) is 22.4. The number of amides is 3. The quantitative estimate of drug-likeness (QED) is 0.507. The van der Waals surface area contributed by atoms with Crippen LogP contribution in [0.3, 0.4) is 0 Å². The second-order valence-corrected chi connectivity index (χ2v) is 8.58. The van der Waals surface area contributed by atoms with Gasteiger partial charge in [-0.2, -0.15) is 0 Å². The standard InChI is InChI=1S/C23H33N3O5/c1-3-5-13-26-20(28)18(19(27)17-9-7-6-8-10-17)24-21(29)23(26)11-14-25(15-12-23)22(30)31-16-4-2/h4,17-19,27H,2,6-16H2,1H3,(H,24,29)/t18-,19-/m1/s1. The van der Waals surface area contributed by atoms with Gasteiger partial charge in [0, 0.05) is 13.1 Å². The van der Waals surface area contributed by atoms with Crippen LogP contribution in [0.5, 0.6) is 0 Å². The number of ether oxygens (including phenoxy) is 1. The Kier molecular flexibility index (Phi) is 7.60. The number of hydrogen-bond acceptors (Lipinski definition) is 5. The SMILES string of the molecule is C=CCOC(=O)N1CCC2(CC1)C(=O)N[C@H]([C@H](O)C1CCCCC1)C(=O)N2CC#CC. The molecule has 3 amide bonds. The Hall–Kier alpha value is -2.53. The Morgan fingerprint density at radius 1 is 1.32 bits per heavy atom. The highest BCUT2D eigenvalue weighted by molar-refractivity contribution is 6.00. The van der Waals surface area contributed by atoms with E-state index < -0.39 is 23.8 Å². The Bertz CT molecular complexity index is 757. The predicted octanol–water partition coefficient (Wildman–Crippen LogP) is 1.44. The van der Waals surface area contributed by atoms with E-state index in [1.165, 1.54) is 11.0 Å². The molecule has 2 N–H and O–H groups in total. The molecule has 2 aliphatic heterocycles. The third-order valence-corrected chi connectivity index (χ3v) is 6.82. The minimum absolute atomic E-state index is 0.0117. The van der Waals surface area contributed by atoms with Gasteiger partial charge in [-0.15, -0.1) is 5.92 Å². The van der Waals surface area contributed by atoms with Crippen molar-refractivity contribution in [3.05, 3.63) is 12.7 Å². The molecule has 1 spiro atoms. The molecule has 3 rings (SSSR count). The van der Waals surface area contributed by atoms with Gasteiger partial charge in [0.05, 0.1) is 12.6 Å². The summed E-state index contributed by atoms with van der Waals surface area (Å²) in [4.78, 5) is 42.0. The monoisotopic (exact) mass is 431 g/mol. The average molecular weight is 432 g/mol. The van der Waals surface area contributed by atoms with E-state index in [-0.39, 0.29) is 30.9 Å². The lowest BCUT2D eigenvalue weighted by molar-refractivity contribution is -0.164. The highest BCUT2D eigenvalue weighted by atomic mass is 16.6. The van der Waals surface area contributed by atoms with Crippen LogP contribution in [0.2, 0.25) is 0 Å². The van der Waals surface area contributed by atoms with Crippen molar-refractivity contribution in [3.63, 3.8) is 0 Å². The largest absolute Gasteiger partial charge is 0.445 e. The summed E-state index contributed by atoms with van der Waals surface area (Å²) >= 11 is 0. The van der Waals surface area contributed by atoms with Gasteiger partial charge in [0.2, 0.25) is 11.8 Å². The molecular weight excluding hydrogens is 398 g/mol. The van der Waals surface area contributed by atoms with Crippen LogP contribution in [0, 0.1) is 17.8 Å². The summed E-state index contributed by atoms with van der Waals surface area (Å²) in [7, 11) is 0. The summed E-state index contributed by atoms with van der Waals surface area (Å²) in [6.45, 7) is 6.05. The fourth-order valence-electron chi connectivity index (χ4n) is 4.98. The van der Waals surface area contributed by atoms with E-state index in [1.54, 1.807) is 11.8 Å². The molecule has 2 heterocycles. The smallest absolute Gasteiger partial charge is 0.410 e. The lowest BCUT2D eigenvalue weighted by Gasteiger charge is -2.51. The molecule has 0 aromatic rings. The molecule has 3 aliphatic rings. The molecule has 1 aliphatic carbocycles. The second-order valence-electron chi connectivity index (χ2n) is 8.58. The molecule has 8 heteroatoms. The molecule has 170 valence electrons. The fraction of sp³-hybridized carbons (Fsp3) is 0.696. The zero-order valence-electron chi connectivity index (χ0n) is 18.3. The minimum Gasteiger partial charge on any atom is -0.445 e. The first-order valence-corrected chi connectivity index (χ1v) is 11.2. The van der Waals surface area contributed by atoms with Crippen LogP contribution >= 0.6 is 0 Å². The van der Waals surface area contributed by atoms with Gasteiger partial charge in [-0.1, -0.05) is 37.8 Å². The molecule has 0 unspecified atom stereocenters. The van der Waals surface area contributed by atoms with E-state index in [0.717, 1.165) is 32.1 Å². The van der Waals surface area contributed by atoms with Gasteiger partial charge in [0.1, 0.15) is 18.2 Å². The Labute approximate surface area is 184 Å². The number of carbonyl (C=O) groups excluding carboxylic acids is 3. The van der Waals surface area contributed by atoms with Gasteiger partial charge in [0.25, 0.3) is 0 Å². The van der Waals surface area contributed by atoms with E-state index in [2.05, 4.69) is 23.7 Å². The first-order valence-electron chi connectivity index (χ1n) is 11.2. The summed E-state index contributed by atoms with van der Waals surface area (Å²) in [6, 6.07) is -0.949. The first kappa shape index (κ1) is 23.1. The molecule has 1 saturated carbocycles. The zero-order valence-corrected chi connectivity index (χ0v) is 18.3. The van der Waals surface area contributed by atoms with E-state index in [9.17, 15) is 19.5 Å². The summed E-state index contributed by atoms with van der Waals surface area (Å²) in [5.41, 5.74) is -1.07. The van der Waals surface area contributed by atoms with Gasteiger partial charge in [-0.25, -0.2) is 4.79 Å². The predicted molar refractivity (Wildman–Crippen MR) is 115 cm³/mol. The maximum absolute atomic E-state index is 13.5. The molecule has 8 nitrogen and oxygen atoms in total. The number of piperazine rings is 1. The molecule has 3 fully saturated rings. The highest BCUT2D eigenvalue weighted by Gasteiger charge is 2.55. The van der Waals surface area contributed by atoms with Gasteiger partial charge in [-0.3, -0.25) is 9.59 Å². The second kappa shape index (κ2) is 10.2. The van der Waals surface area contributed by atoms with E-state index in [4.69, 9.17) is 4.74 Å². The summed E-state index contributed by atoms with van der Waals surface area (Å²) in [6.07, 6.45) is 5.66. The number of likely N-dealkylation sites (tertiary alicyclic amines) is 1. The Morgan fingerprint density at radius 2 is 2.00 bits per heavy atom. The first-order chi connectivity index (χ1) is 14.9. The summed E-state index contributed by atoms with van der Waals surface area (Å²) in [5, 5.41) is 13.8. The summed E-state index contributed by atoms with van der Waals surface area (Å²) < 4.78 is 5.09. The summed E-state index contributed by atoms with van der Waals surface area (Å²) in [5.74, 6) is 5.17. The number of hydrogen-bond donors (Lipinski definition) is 2. The molecule has 0 bridgehead atoms. The number of aliphatic hydroxyl groups is 1. The van der Waals surface area contributed by atoms with Crippen molar-refractivity contribution in [1.29, 1.82) is 0 Å². The van der Waals surface area contributed by atoms with Gasteiger partial charge < -0.3 is 25.0 Å². The van der Waals surface area contributed by atoms with Crippen LogP contribution < -0.4 is 5.32 Å².